The monoisotopic (exact) mass is 629 g/mol. The van der Waals surface area contributed by atoms with Crippen molar-refractivity contribution < 1.29 is 9.59 Å². The Morgan fingerprint density at radius 1 is 0.889 bits per heavy atom. The zero-order valence-corrected chi connectivity index (χ0v) is 28.6. The summed E-state index contributed by atoms with van der Waals surface area (Å²) in [7, 11) is 0. The average Bonchev–Trinajstić information content (AvgIpc) is 3.78. The third-order valence-corrected chi connectivity index (χ3v) is 12.6. The zero-order chi connectivity index (χ0) is 31.3. The van der Waals surface area contributed by atoms with Gasteiger partial charge < -0.3 is 19.7 Å². The molecule has 8 heteroatoms. The lowest BCUT2D eigenvalue weighted by molar-refractivity contribution is -0.143. The molecule has 2 amide bonds. The van der Waals surface area contributed by atoms with Crippen molar-refractivity contribution in [3.05, 3.63) is 45.8 Å². The fourth-order valence-corrected chi connectivity index (χ4v) is 9.63. The van der Waals surface area contributed by atoms with E-state index in [0.29, 0.717) is 30.3 Å². The van der Waals surface area contributed by atoms with Gasteiger partial charge in [0.15, 0.2) is 0 Å². The Balaban J connectivity index is 1.10. The number of amides is 2. The molecule has 4 saturated heterocycles. The van der Waals surface area contributed by atoms with Gasteiger partial charge in [-0.1, -0.05) is 17.2 Å². The molecule has 0 spiro atoms. The van der Waals surface area contributed by atoms with E-state index in [-0.39, 0.29) is 0 Å². The van der Waals surface area contributed by atoms with Crippen LogP contribution < -0.4 is 0 Å². The van der Waals surface area contributed by atoms with Crippen LogP contribution in [0.3, 0.4) is 0 Å². The van der Waals surface area contributed by atoms with Crippen LogP contribution in [0.4, 0.5) is 0 Å². The number of thiophene rings is 1. The van der Waals surface area contributed by atoms with E-state index in [9.17, 15) is 9.59 Å². The lowest BCUT2D eigenvalue weighted by Gasteiger charge is -2.47. The number of rotatable bonds is 8. The van der Waals surface area contributed by atoms with Crippen LogP contribution in [0.5, 0.6) is 0 Å². The SMILES string of the molecule is Cc1cc(C)cc(-c2[nH]c3sc(C(C)(C)C(=O)N4CC5CCC4CC5)cc3c2CCN2CCN(CC(=O)N3CCCC3)CC2)c1. The second kappa shape index (κ2) is 12.5. The molecular weight excluding hydrogens is 579 g/mol. The lowest BCUT2D eigenvalue weighted by Crippen LogP contribution is -2.55. The number of benzene rings is 1. The minimum atomic E-state index is -0.539. The van der Waals surface area contributed by atoms with Gasteiger partial charge in [-0.25, -0.2) is 0 Å². The summed E-state index contributed by atoms with van der Waals surface area (Å²) in [6.45, 7) is 16.9. The van der Waals surface area contributed by atoms with Crippen LogP contribution in [-0.4, -0.2) is 101 Å². The standard InChI is InChI=1S/C37H51N5O2S/c1-25-19-26(2)21-28(20-25)34-30(11-14-39-15-17-40(18-16-39)24-33(43)41-12-5-6-13-41)31-22-32(45-35(31)38-34)37(3,4)36(44)42-23-27-7-9-29(42)10-8-27/h19-22,27,29,38H,5-18,23-24H2,1-4H3. The van der Waals surface area contributed by atoms with Gasteiger partial charge >= 0.3 is 0 Å². The van der Waals surface area contributed by atoms with E-state index in [2.05, 4.69) is 71.6 Å². The number of likely N-dealkylation sites (tertiary alicyclic amines) is 1. The molecule has 5 aliphatic rings. The van der Waals surface area contributed by atoms with Crippen LogP contribution in [0.25, 0.3) is 21.5 Å². The Kier molecular flexibility index (Phi) is 8.59. The van der Waals surface area contributed by atoms with Gasteiger partial charge in [-0.15, -0.1) is 11.3 Å². The van der Waals surface area contributed by atoms with E-state index >= 15 is 0 Å². The molecule has 242 valence electrons. The Morgan fingerprint density at radius 2 is 1.56 bits per heavy atom. The summed E-state index contributed by atoms with van der Waals surface area (Å²) in [4.78, 5) is 42.1. The summed E-state index contributed by atoms with van der Waals surface area (Å²) in [6, 6.07) is 9.59. The first-order chi connectivity index (χ1) is 21.7. The first-order valence-electron chi connectivity index (χ1n) is 17.4. The molecule has 0 radical (unpaired) electrons. The van der Waals surface area contributed by atoms with Gasteiger partial charge in [0.2, 0.25) is 11.8 Å². The summed E-state index contributed by atoms with van der Waals surface area (Å²) in [5.74, 6) is 1.29. The number of aryl methyl sites for hydroxylation is 2. The maximum absolute atomic E-state index is 14.0. The van der Waals surface area contributed by atoms with E-state index in [1.54, 1.807) is 11.3 Å². The van der Waals surface area contributed by atoms with Crippen molar-refractivity contribution in [3.8, 4) is 11.3 Å². The van der Waals surface area contributed by atoms with Crippen molar-refractivity contribution in [2.24, 2.45) is 5.92 Å². The van der Waals surface area contributed by atoms with Crippen molar-refractivity contribution in [1.29, 1.82) is 0 Å². The minimum Gasteiger partial charge on any atom is -0.346 e. The van der Waals surface area contributed by atoms with Crippen LogP contribution in [0.1, 0.15) is 73.9 Å². The fourth-order valence-electron chi connectivity index (χ4n) is 8.44. The molecule has 2 bridgehead atoms. The summed E-state index contributed by atoms with van der Waals surface area (Å²) in [5.41, 5.74) is 5.85. The van der Waals surface area contributed by atoms with Crippen LogP contribution in [-0.2, 0) is 21.4 Å². The number of fused-ring (bicyclic) bond motifs is 4. The van der Waals surface area contributed by atoms with Gasteiger partial charge in [0.05, 0.1) is 17.7 Å². The number of piperidine rings is 2. The Labute approximate surface area is 272 Å². The van der Waals surface area contributed by atoms with Gasteiger partial charge in [-0.3, -0.25) is 14.5 Å². The first-order valence-corrected chi connectivity index (χ1v) is 18.2. The molecule has 3 aromatic rings. The summed E-state index contributed by atoms with van der Waals surface area (Å²) >= 11 is 1.77. The maximum atomic E-state index is 14.0. The Hall–Kier alpha value is -2.68. The summed E-state index contributed by atoms with van der Waals surface area (Å²) in [6.07, 6.45) is 8.16. The van der Waals surface area contributed by atoms with Crippen LogP contribution in [0.2, 0.25) is 0 Å². The van der Waals surface area contributed by atoms with Gasteiger partial charge in [0, 0.05) is 68.7 Å². The van der Waals surface area contributed by atoms with Gasteiger partial charge in [-0.2, -0.15) is 0 Å². The largest absolute Gasteiger partial charge is 0.346 e. The number of nitrogens with zero attached hydrogens (tertiary/aromatic N) is 4. The fraction of sp³-hybridized carbons (Fsp3) is 0.622. The highest BCUT2D eigenvalue weighted by molar-refractivity contribution is 7.19. The lowest BCUT2D eigenvalue weighted by atomic mass is 9.78. The number of hydrogen-bond donors (Lipinski definition) is 1. The van der Waals surface area contributed by atoms with Crippen molar-refractivity contribution >= 4 is 33.4 Å². The van der Waals surface area contributed by atoms with Gasteiger partial charge in [0.1, 0.15) is 4.83 Å². The number of aromatic amines is 1. The van der Waals surface area contributed by atoms with E-state index < -0.39 is 5.41 Å². The molecule has 6 heterocycles. The molecule has 0 unspecified atom stereocenters. The van der Waals surface area contributed by atoms with Crippen molar-refractivity contribution in [3.63, 3.8) is 0 Å². The number of aromatic nitrogens is 1. The third kappa shape index (κ3) is 6.22. The van der Waals surface area contributed by atoms with Crippen LogP contribution in [0.15, 0.2) is 24.3 Å². The van der Waals surface area contributed by atoms with Crippen LogP contribution in [0, 0.1) is 19.8 Å². The van der Waals surface area contributed by atoms with E-state index in [0.717, 1.165) is 71.6 Å². The number of nitrogens with one attached hydrogen (secondary N) is 1. The molecule has 1 saturated carbocycles. The number of piperazine rings is 1. The first kappa shape index (κ1) is 30.9. The zero-order valence-electron chi connectivity index (χ0n) is 27.8. The van der Waals surface area contributed by atoms with Crippen molar-refractivity contribution in [2.75, 3.05) is 58.9 Å². The number of carbonyl (C=O) groups excluding carboxylic acids is 2. The number of H-pyrrole nitrogens is 1. The normalized spacial score (nSPS) is 23.0. The topological polar surface area (TPSA) is 62.9 Å². The van der Waals surface area contributed by atoms with Crippen LogP contribution >= 0.6 is 11.3 Å². The van der Waals surface area contributed by atoms with Crippen molar-refractivity contribution in [1.82, 2.24) is 24.6 Å². The van der Waals surface area contributed by atoms with E-state index in [4.69, 9.17) is 0 Å². The minimum absolute atomic E-state index is 0.302. The number of carbonyl (C=O) groups is 2. The molecular formula is C37H51N5O2S. The molecule has 5 fully saturated rings. The second-order valence-electron chi connectivity index (χ2n) is 14.9. The molecule has 1 aromatic carbocycles. The Morgan fingerprint density at radius 3 is 2.20 bits per heavy atom. The van der Waals surface area contributed by atoms with E-state index in [1.165, 1.54) is 68.7 Å². The predicted octanol–water partition coefficient (Wildman–Crippen LogP) is 5.97. The highest BCUT2D eigenvalue weighted by Gasteiger charge is 2.43. The summed E-state index contributed by atoms with van der Waals surface area (Å²) < 4.78 is 0. The average molecular weight is 630 g/mol. The highest BCUT2D eigenvalue weighted by atomic mass is 32.1. The highest BCUT2D eigenvalue weighted by Crippen LogP contribution is 2.43. The maximum Gasteiger partial charge on any atom is 0.236 e. The molecule has 4 aliphatic heterocycles. The predicted molar refractivity (Wildman–Crippen MR) is 184 cm³/mol. The quantitative estimate of drug-likeness (QED) is 0.334. The third-order valence-electron chi connectivity index (χ3n) is 11.2. The molecule has 0 atom stereocenters. The molecule has 1 N–H and O–H groups in total. The van der Waals surface area contributed by atoms with E-state index in [1.807, 2.05) is 4.90 Å². The molecule has 1 aliphatic carbocycles. The number of hydrogen-bond acceptors (Lipinski definition) is 5. The van der Waals surface area contributed by atoms with Gasteiger partial charge in [-0.05, 0) is 108 Å². The Bertz CT molecular complexity index is 1530. The second-order valence-corrected chi connectivity index (χ2v) is 16.0. The van der Waals surface area contributed by atoms with Gasteiger partial charge in [0.25, 0.3) is 0 Å². The molecule has 8 rings (SSSR count). The van der Waals surface area contributed by atoms with Crippen molar-refractivity contribution in [2.45, 2.75) is 84.1 Å². The molecule has 2 aromatic heterocycles. The summed E-state index contributed by atoms with van der Waals surface area (Å²) in [5, 5.41) is 1.28. The molecule has 7 nitrogen and oxygen atoms in total. The molecule has 45 heavy (non-hydrogen) atoms. The smallest absolute Gasteiger partial charge is 0.236 e.